The molecule has 160 valence electrons. The van der Waals surface area contributed by atoms with Crippen LogP contribution in [0.15, 0.2) is 59.1 Å². The molecular formula is C24H25N3O4. The summed E-state index contributed by atoms with van der Waals surface area (Å²) in [5, 5.41) is 4.06. The molecule has 2 aromatic carbocycles. The van der Waals surface area contributed by atoms with Crippen molar-refractivity contribution in [3.8, 4) is 11.4 Å². The van der Waals surface area contributed by atoms with E-state index < -0.39 is 0 Å². The maximum atomic E-state index is 12.7. The lowest BCUT2D eigenvalue weighted by molar-refractivity contribution is -0.124. The molecule has 4 rings (SSSR count). The maximum Gasteiger partial charge on any atom is 0.337 e. The summed E-state index contributed by atoms with van der Waals surface area (Å²) in [6.07, 6.45) is 2.37. The second kappa shape index (κ2) is 9.66. The predicted octanol–water partition coefficient (Wildman–Crippen LogP) is 3.55. The van der Waals surface area contributed by atoms with Crippen molar-refractivity contribution in [3.05, 3.63) is 71.6 Å². The average Bonchev–Trinajstić information content (AvgIpc) is 3.28. The lowest BCUT2D eigenvalue weighted by Gasteiger charge is -2.30. The Hall–Kier alpha value is -3.32. The van der Waals surface area contributed by atoms with Crippen LogP contribution in [-0.4, -0.2) is 47.0 Å². The number of benzene rings is 2. The predicted molar refractivity (Wildman–Crippen MR) is 114 cm³/mol. The van der Waals surface area contributed by atoms with Crippen LogP contribution in [0.4, 0.5) is 0 Å². The first kappa shape index (κ1) is 20.9. The Morgan fingerprint density at radius 3 is 2.65 bits per heavy atom. The van der Waals surface area contributed by atoms with Crippen molar-refractivity contribution in [2.24, 2.45) is 5.92 Å². The van der Waals surface area contributed by atoms with Gasteiger partial charge in [0.15, 0.2) is 0 Å². The highest BCUT2D eigenvalue weighted by molar-refractivity contribution is 5.89. The maximum absolute atomic E-state index is 12.7. The number of hydrogen-bond acceptors (Lipinski definition) is 7. The Kier molecular flexibility index (Phi) is 6.52. The summed E-state index contributed by atoms with van der Waals surface area (Å²) in [4.78, 5) is 31.0. The summed E-state index contributed by atoms with van der Waals surface area (Å²) in [7, 11) is 1.35. The van der Waals surface area contributed by atoms with Gasteiger partial charge in [-0.3, -0.25) is 9.69 Å². The first-order valence-corrected chi connectivity index (χ1v) is 10.4. The molecule has 1 aromatic heterocycles. The van der Waals surface area contributed by atoms with Gasteiger partial charge in [-0.15, -0.1) is 0 Å². The zero-order valence-corrected chi connectivity index (χ0v) is 17.5. The highest BCUT2D eigenvalue weighted by Crippen LogP contribution is 2.22. The number of methoxy groups -OCH3 is 1. The number of hydrogen-bond donors (Lipinski definition) is 0. The highest BCUT2D eigenvalue weighted by Gasteiger charge is 2.26. The number of Topliss-reactive ketones (excluding diaryl/α,β-unsaturated/α-hetero) is 1. The van der Waals surface area contributed by atoms with E-state index in [9.17, 15) is 9.59 Å². The van der Waals surface area contributed by atoms with Gasteiger partial charge in [0.1, 0.15) is 5.78 Å². The van der Waals surface area contributed by atoms with E-state index in [0.29, 0.717) is 36.8 Å². The van der Waals surface area contributed by atoms with Crippen LogP contribution in [0.25, 0.3) is 11.4 Å². The molecule has 1 aliphatic heterocycles. The quantitative estimate of drug-likeness (QED) is 0.542. The van der Waals surface area contributed by atoms with Crippen LogP contribution in [0.1, 0.15) is 34.7 Å². The van der Waals surface area contributed by atoms with Crippen molar-refractivity contribution in [2.75, 3.05) is 20.2 Å². The van der Waals surface area contributed by atoms with Crippen LogP contribution >= 0.6 is 0 Å². The van der Waals surface area contributed by atoms with Crippen LogP contribution in [0.5, 0.6) is 0 Å². The molecule has 0 spiro atoms. The smallest absolute Gasteiger partial charge is 0.337 e. The lowest BCUT2D eigenvalue weighted by Crippen LogP contribution is -2.38. The van der Waals surface area contributed by atoms with Crippen molar-refractivity contribution in [3.63, 3.8) is 0 Å². The van der Waals surface area contributed by atoms with Gasteiger partial charge in [-0.25, -0.2) is 4.79 Å². The Balaban J connectivity index is 1.35. The molecule has 3 aromatic rings. The van der Waals surface area contributed by atoms with Gasteiger partial charge in [0.2, 0.25) is 11.7 Å². The number of carbonyl (C=O) groups excluding carboxylic acids is 2. The number of carbonyl (C=O) groups is 2. The summed E-state index contributed by atoms with van der Waals surface area (Å²) in [6.45, 7) is 2.13. The molecule has 1 atom stereocenters. The van der Waals surface area contributed by atoms with Gasteiger partial charge in [0, 0.05) is 24.4 Å². The van der Waals surface area contributed by atoms with Crippen molar-refractivity contribution in [1.82, 2.24) is 15.0 Å². The Labute approximate surface area is 181 Å². The second-order valence-corrected chi connectivity index (χ2v) is 7.78. The third-order valence-electron chi connectivity index (χ3n) is 5.57. The molecule has 0 saturated carbocycles. The molecule has 0 unspecified atom stereocenters. The van der Waals surface area contributed by atoms with E-state index in [0.717, 1.165) is 30.5 Å². The van der Waals surface area contributed by atoms with Crippen LogP contribution in [0.3, 0.4) is 0 Å². The number of esters is 1. The highest BCUT2D eigenvalue weighted by atomic mass is 16.5. The topological polar surface area (TPSA) is 85.5 Å². The molecule has 1 aliphatic rings. The molecule has 7 nitrogen and oxygen atoms in total. The van der Waals surface area contributed by atoms with Gasteiger partial charge in [-0.1, -0.05) is 47.6 Å². The zero-order chi connectivity index (χ0) is 21.6. The normalized spacial score (nSPS) is 16.7. The van der Waals surface area contributed by atoms with E-state index in [-0.39, 0.29) is 17.7 Å². The molecule has 0 bridgehead atoms. The number of aromatic nitrogens is 2. The van der Waals surface area contributed by atoms with Gasteiger partial charge in [0.25, 0.3) is 0 Å². The molecule has 31 heavy (non-hydrogen) atoms. The first-order valence-electron chi connectivity index (χ1n) is 10.4. The number of rotatable bonds is 7. The number of ketones is 1. The zero-order valence-electron chi connectivity index (χ0n) is 17.5. The van der Waals surface area contributed by atoms with Crippen molar-refractivity contribution in [1.29, 1.82) is 0 Å². The van der Waals surface area contributed by atoms with E-state index in [1.807, 2.05) is 30.3 Å². The SMILES string of the molecule is COC(=O)c1ccc(-c2noc(CN3CCC[C@@H](C(=O)Cc4ccccc4)C3)n2)cc1. The molecule has 1 saturated heterocycles. The van der Waals surface area contributed by atoms with E-state index in [4.69, 9.17) is 9.26 Å². The van der Waals surface area contributed by atoms with E-state index in [1.54, 1.807) is 24.3 Å². The Morgan fingerprint density at radius 1 is 1.13 bits per heavy atom. The molecule has 0 radical (unpaired) electrons. The van der Waals surface area contributed by atoms with Crippen LogP contribution in [0, 0.1) is 5.92 Å². The molecule has 7 heteroatoms. The summed E-state index contributed by atoms with van der Waals surface area (Å²) >= 11 is 0. The molecule has 0 amide bonds. The van der Waals surface area contributed by atoms with Gasteiger partial charge < -0.3 is 9.26 Å². The summed E-state index contributed by atoms with van der Waals surface area (Å²) in [6, 6.07) is 16.8. The minimum atomic E-state index is -0.387. The third kappa shape index (κ3) is 5.24. The van der Waals surface area contributed by atoms with E-state index in [1.165, 1.54) is 7.11 Å². The largest absolute Gasteiger partial charge is 0.465 e. The fraction of sp³-hybridized carbons (Fsp3) is 0.333. The van der Waals surface area contributed by atoms with Crippen molar-refractivity contribution in [2.45, 2.75) is 25.8 Å². The summed E-state index contributed by atoms with van der Waals surface area (Å²) < 4.78 is 10.1. The summed E-state index contributed by atoms with van der Waals surface area (Å²) in [5.41, 5.74) is 2.29. The van der Waals surface area contributed by atoms with Crippen LogP contribution < -0.4 is 0 Å². The van der Waals surface area contributed by atoms with Gasteiger partial charge in [0.05, 0.1) is 19.2 Å². The first-order chi connectivity index (χ1) is 15.1. The monoisotopic (exact) mass is 419 g/mol. The molecule has 0 N–H and O–H groups in total. The Morgan fingerprint density at radius 2 is 1.90 bits per heavy atom. The van der Waals surface area contributed by atoms with E-state index >= 15 is 0 Å². The fourth-order valence-corrected chi connectivity index (χ4v) is 3.90. The number of piperidine rings is 1. The number of nitrogens with zero attached hydrogens (tertiary/aromatic N) is 3. The molecule has 2 heterocycles. The van der Waals surface area contributed by atoms with Gasteiger partial charge >= 0.3 is 5.97 Å². The lowest BCUT2D eigenvalue weighted by atomic mass is 9.90. The molecule has 0 aliphatic carbocycles. The average molecular weight is 419 g/mol. The van der Waals surface area contributed by atoms with Crippen LogP contribution in [-0.2, 0) is 22.5 Å². The number of likely N-dealkylation sites (tertiary alicyclic amines) is 1. The Bertz CT molecular complexity index is 1030. The second-order valence-electron chi connectivity index (χ2n) is 7.78. The van der Waals surface area contributed by atoms with Crippen LogP contribution in [0.2, 0.25) is 0 Å². The number of ether oxygens (including phenoxy) is 1. The third-order valence-corrected chi connectivity index (χ3v) is 5.57. The van der Waals surface area contributed by atoms with E-state index in [2.05, 4.69) is 15.0 Å². The minimum Gasteiger partial charge on any atom is -0.465 e. The van der Waals surface area contributed by atoms with Crippen molar-refractivity contribution >= 4 is 11.8 Å². The molecular weight excluding hydrogens is 394 g/mol. The standard InChI is InChI=1S/C24H25N3O4/c1-30-24(29)19-11-9-18(10-12-19)23-25-22(31-26-23)16-27-13-5-8-20(15-27)21(28)14-17-6-3-2-4-7-17/h2-4,6-7,9-12,20H,5,8,13-16H2,1H3/t20-/m1/s1. The van der Waals surface area contributed by atoms with Crippen molar-refractivity contribution < 1.29 is 18.8 Å². The fourth-order valence-electron chi connectivity index (χ4n) is 3.90. The summed E-state index contributed by atoms with van der Waals surface area (Å²) in [5.74, 6) is 0.917. The van der Waals surface area contributed by atoms with Gasteiger partial charge in [-0.05, 0) is 37.1 Å². The molecule has 1 fully saturated rings. The van der Waals surface area contributed by atoms with Gasteiger partial charge in [-0.2, -0.15) is 4.98 Å². The minimum absolute atomic E-state index is 0.0298.